The van der Waals surface area contributed by atoms with Crippen molar-refractivity contribution in [1.29, 1.82) is 0 Å². The van der Waals surface area contributed by atoms with E-state index in [1.165, 1.54) is 19.1 Å². The molecule has 0 N–H and O–H groups in total. The Bertz CT molecular complexity index is 1130. The summed E-state index contributed by atoms with van der Waals surface area (Å²) in [4.78, 5) is 62.7. The molecule has 0 spiro atoms. The maximum absolute atomic E-state index is 17.9. The predicted molar refractivity (Wildman–Crippen MR) is 133 cm³/mol. The van der Waals surface area contributed by atoms with E-state index in [2.05, 4.69) is 0 Å². The van der Waals surface area contributed by atoms with Crippen molar-refractivity contribution < 1.29 is 42.6 Å². The summed E-state index contributed by atoms with van der Waals surface area (Å²) < 4.78 is 34.7. The molecule has 38 heavy (non-hydrogen) atoms. The van der Waals surface area contributed by atoms with Crippen molar-refractivity contribution in [2.45, 2.75) is 96.9 Å². The molecule has 3 fully saturated rings. The predicted octanol–water partition coefficient (Wildman–Crippen LogP) is 4.14. The molecule has 4 aliphatic rings. The molecule has 4 rings (SSSR count). The van der Waals surface area contributed by atoms with E-state index < -0.39 is 70.3 Å². The number of Topliss-reactive ketones (excluding diaryl/α,β-unsaturated/α-hetero) is 1. The van der Waals surface area contributed by atoms with Crippen molar-refractivity contribution in [2.24, 2.45) is 22.7 Å². The normalized spacial score (nSPS) is 39.3. The number of fused-ring (bicyclic) bond motifs is 5. The second kappa shape index (κ2) is 9.72. The third-order valence-electron chi connectivity index (χ3n) is 9.72. The summed E-state index contributed by atoms with van der Waals surface area (Å²) in [5, 5.41) is 0. The van der Waals surface area contributed by atoms with Gasteiger partial charge >= 0.3 is 17.9 Å². The van der Waals surface area contributed by atoms with Gasteiger partial charge in [-0.3, -0.25) is 24.0 Å². The molecule has 0 unspecified atom stereocenters. The number of halogens is 1. The number of ketones is 2. The number of carbonyl (C=O) groups is 5. The van der Waals surface area contributed by atoms with Gasteiger partial charge in [0.2, 0.25) is 5.78 Å². The van der Waals surface area contributed by atoms with E-state index in [-0.39, 0.29) is 31.5 Å². The van der Waals surface area contributed by atoms with Crippen LogP contribution in [-0.4, -0.2) is 53.5 Å². The van der Waals surface area contributed by atoms with Gasteiger partial charge in [0.15, 0.2) is 23.7 Å². The summed E-state index contributed by atoms with van der Waals surface area (Å²) in [5.41, 5.74) is -5.31. The van der Waals surface area contributed by atoms with Crippen LogP contribution < -0.4 is 0 Å². The lowest BCUT2D eigenvalue weighted by molar-refractivity contribution is -0.233. The fraction of sp³-hybridized carbons (Fsp3) is 0.690. The minimum atomic E-state index is -2.05. The van der Waals surface area contributed by atoms with Gasteiger partial charge in [0.25, 0.3) is 0 Å². The first kappa shape index (κ1) is 28.2. The van der Waals surface area contributed by atoms with Gasteiger partial charge < -0.3 is 14.2 Å². The number of hydrogen-bond acceptors (Lipinski definition) is 8. The van der Waals surface area contributed by atoms with Crippen LogP contribution in [0.4, 0.5) is 4.39 Å². The molecule has 3 saturated carbocycles. The quantitative estimate of drug-likeness (QED) is 0.355. The molecule has 0 aromatic carbocycles. The van der Waals surface area contributed by atoms with Crippen LogP contribution in [0.2, 0.25) is 0 Å². The topological polar surface area (TPSA) is 113 Å². The summed E-state index contributed by atoms with van der Waals surface area (Å²) in [6.07, 6.45) is 4.64. The van der Waals surface area contributed by atoms with Gasteiger partial charge in [-0.25, -0.2) is 4.39 Å². The number of ether oxygens (including phenoxy) is 3. The SMILES string of the molecule is CCC(=O)OCC(=O)[C@@]1(OC(C)=O)CC[C@H]2[C@@H]3CCC4=CC(=O)C=C[C@]4(C)[C@@]3(F)[C@@H](OC(=O)CC)C[C@@]21C. The van der Waals surface area contributed by atoms with Crippen LogP contribution in [-0.2, 0) is 38.2 Å². The van der Waals surface area contributed by atoms with E-state index in [9.17, 15) is 24.0 Å². The van der Waals surface area contributed by atoms with Crippen LogP contribution in [0.5, 0.6) is 0 Å². The van der Waals surface area contributed by atoms with Gasteiger partial charge in [0.05, 0.1) is 0 Å². The molecule has 4 aliphatic carbocycles. The van der Waals surface area contributed by atoms with Gasteiger partial charge in [-0.15, -0.1) is 0 Å². The molecule has 0 aromatic rings. The van der Waals surface area contributed by atoms with E-state index in [0.29, 0.717) is 24.8 Å². The summed E-state index contributed by atoms with van der Waals surface area (Å²) in [6.45, 7) is 7.41. The van der Waals surface area contributed by atoms with Crippen LogP contribution in [0.15, 0.2) is 23.8 Å². The van der Waals surface area contributed by atoms with Crippen molar-refractivity contribution in [3.63, 3.8) is 0 Å². The maximum Gasteiger partial charge on any atom is 0.305 e. The largest absolute Gasteiger partial charge is 0.459 e. The van der Waals surface area contributed by atoms with Gasteiger partial charge in [-0.05, 0) is 57.1 Å². The number of carbonyl (C=O) groups excluding carboxylic acids is 5. The van der Waals surface area contributed by atoms with Gasteiger partial charge in [-0.1, -0.05) is 32.4 Å². The molecular weight excluding hydrogens is 495 g/mol. The van der Waals surface area contributed by atoms with Crippen LogP contribution in [0.3, 0.4) is 0 Å². The van der Waals surface area contributed by atoms with Crippen LogP contribution in [0, 0.1) is 22.7 Å². The Morgan fingerprint density at radius 3 is 2.37 bits per heavy atom. The fourth-order valence-corrected chi connectivity index (χ4v) is 7.82. The smallest absolute Gasteiger partial charge is 0.305 e. The van der Waals surface area contributed by atoms with E-state index >= 15 is 4.39 Å². The highest BCUT2D eigenvalue weighted by atomic mass is 19.1. The summed E-state index contributed by atoms with van der Waals surface area (Å²) >= 11 is 0. The lowest BCUT2D eigenvalue weighted by Gasteiger charge is -2.63. The van der Waals surface area contributed by atoms with E-state index in [1.807, 2.05) is 0 Å². The zero-order chi connectivity index (χ0) is 28.1. The van der Waals surface area contributed by atoms with Crippen molar-refractivity contribution in [1.82, 2.24) is 0 Å². The Hall–Kier alpha value is -2.84. The van der Waals surface area contributed by atoms with E-state index in [4.69, 9.17) is 14.2 Å². The Balaban J connectivity index is 1.83. The molecule has 0 amide bonds. The number of hydrogen-bond donors (Lipinski definition) is 0. The minimum Gasteiger partial charge on any atom is -0.459 e. The van der Waals surface area contributed by atoms with Gasteiger partial charge in [0.1, 0.15) is 6.10 Å². The molecule has 0 saturated heterocycles. The van der Waals surface area contributed by atoms with Crippen LogP contribution in [0.1, 0.15) is 79.6 Å². The Kier molecular flexibility index (Phi) is 7.21. The molecule has 0 radical (unpaired) electrons. The molecule has 208 valence electrons. The van der Waals surface area contributed by atoms with Crippen LogP contribution >= 0.6 is 0 Å². The number of allylic oxidation sites excluding steroid dienone is 4. The number of esters is 3. The third kappa shape index (κ3) is 3.95. The molecule has 0 heterocycles. The highest BCUT2D eigenvalue weighted by Crippen LogP contribution is 2.70. The molecule has 0 aliphatic heterocycles. The second-order valence-electron chi connectivity index (χ2n) is 11.5. The molecule has 8 nitrogen and oxygen atoms in total. The first-order chi connectivity index (χ1) is 17.8. The highest BCUT2D eigenvalue weighted by Gasteiger charge is 2.76. The lowest BCUT2D eigenvalue weighted by atomic mass is 9.44. The van der Waals surface area contributed by atoms with Gasteiger partial charge in [-0.2, -0.15) is 0 Å². The molecule has 0 bridgehead atoms. The molecule has 9 heteroatoms. The number of rotatable bonds is 7. The van der Waals surface area contributed by atoms with Crippen molar-refractivity contribution >= 4 is 29.5 Å². The van der Waals surface area contributed by atoms with Crippen molar-refractivity contribution in [3.8, 4) is 0 Å². The van der Waals surface area contributed by atoms with Crippen molar-refractivity contribution in [3.05, 3.63) is 23.8 Å². The highest BCUT2D eigenvalue weighted by molar-refractivity contribution is 6.01. The van der Waals surface area contributed by atoms with Gasteiger partial charge in [0, 0.05) is 36.5 Å². The monoisotopic (exact) mass is 532 g/mol. The maximum atomic E-state index is 17.9. The average Bonchev–Trinajstić information content (AvgIpc) is 3.15. The molecular formula is C29H37FO8. The summed E-state index contributed by atoms with van der Waals surface area (Å²) in [6, 6.07) is 0. The number of alkyl halides is 1. The first-order valence-corrected chi connectivity index (χ1v) is 13.5. The van der Waals surface area contributed by atoms with E-state index in [1.54, 1.807) is 33.8 Å². The van der Waals surface area contributed by atoms with Crippen LogP contribution in [0.25, 0.3) is 0 Å². The van der Waals surface area contributed by atoms with E-state index in [0.717, 1.165) is 0 Å². The zero-order valence-electron chi connectivity index (χ0n) is 22.8. The standard InChI is InChI=1S/C29H37FO8/c1-6-24(34)36-16-22(33)28(38-17(3)31)13-11-20-21-9-8-18-14-19(32)10-12-26(18,4)29(21,30)23(15-27(20,28)5)37-25(35)7-2/h10,12,14,20-21,23H,6-9,11,13,15-16H2,1-5H3/t20-,21-,23-,26-,27-,28-,29-/m0/s1. The Morgan fingerprint density at radius 2 is 1.74 bits per heavy atom. The first-order valence-electron chi connectivity index (χ1n) is 13.5. The minimum absolute atomic E-state index is 0.0338. The Morgan fingerprint density at radius 1 is 1.05 bits per heavy atom. The molecule has 7 atom stereocenters. The Labute approximate surface area is 222 Å². The second-order valence-corrected chi connectivity index (χ2v) is 11.5. The third-order valence-corrected chi connectivity index (χ3v) is 9.72. The molecule has 0 aromatic heterocycles. The van der Waals surface area contributed by atoms with Crippen molar-refractivity contribution in [2.75, 3.05) is 6.61 Å². The summed E-state index contributed by atoms with van der Waals surface area (Å²) in [7, 11) is 0. The zero-order valence-corrected chi connectivity index (χ0v) is 22.8. The fourth-order valence-electron chi connectivity index (χ4n) is 7.82. The average molecular weight is 533 g/mol. The lowest BCUT2D eigenvalue weighted by Crippen LogP contribution is -2.70. The summed E-state index contributed by atoms with van der Waals surface area (Å²) in [5.74, 6) is -3.60.